The quantitative estimate of drug-likeness (QED) is 0.758. The van der Waals surface area contributed by atoms with Crippen molar-refractivity contribution in [2.45, 2.75) is 64.3 Å². The third-order valence-electron chi connectivity index (χ3n) is 5.02. The van der Waals surface area contributed by atoms with Gasteiger partial charge in [-0.15, -0.1) is 0 Å². The zero-order valence-corrected chi connectivity index (χ0v) is 13.1. The van der Waals surface area contributed by atoms with E-state index in [4.69, 9.17) is 5.26 Å². The summed E-state index contributed by atoms with van der Waals surface area (Å²) in [5.41, 5.74) is 0. The smallest absolute Gasteiger partial charge is 0.0866 e. The molecule has 1 aliphatic carbocycles. The van der Waals surface area contributed by atoms with Crippen LogP contribution in [0.2, 0.25) is 0 Å². The Balaban J connectivity index is 1.77. The Morgan fingerprint density at radius 3 is 2.65 bits per heavy atom. The zero-order chi connectivity index (χ0) is 14.2. The van der Waals surface area contributed by atoms with Crippen LogP contribution in [0, 0.1) is 23.2 Å². The largest absolute Gasteiger partial charge is 0.312 e. The van der Waals surface area contributed by atoms with Crippen LogP contribution in [0.15, 0.2) is 0 Å². The van der Waals surface area contributed by atoms with Crippen molar-refractivity contribution in [3.63, 3.8) is 0 Å². The van der Waals surface area contributed by atoms with E-state index in [-0.39, 0.29) is 0 Å². The highest BCUT2D eigenvalue weighted by Gasteiger charge is 2.27. The molecule has 0 aromatic rings. The molecule has 2 fully saturated rings. The molecule has 0 radical (unpaired) electrons. The molecule has 0 amide bonds. The Hall–Kier alpha value is -0.590. The predicted octanol–water partition coefficient (Wildman–Crippen LogP) is 3.17. The average Bonchev–Trinajstić information content (AvgIpc) is 2.47. The molecule has 0 aromatic carbocycles. The van der Waals surface area contributed by atoms with Gasteiger partial charge in [-0.3, -0.25) is 4.90 Å². The summed E-state index contributed by atoms with van der Waals surface area (Å²) in [4.78, 5) is 2.35. The zero-order valence-electron chi connectivity index (χ0n) is 13.1. The first kappa shape index (κ1) is 15.8. The van der Waals surface area contributed by atoms with Gasteiger partial charge in [0.15, 0.2) is 0 Å². The van der Waals surface area contributed by atoms with Crippen molar-refractivity contribution in [2.24, 2.45) is 11.8 Å². The van der Waals surface area contributed by atoms with Crippen LogP contribution in [0.5, 0.6) is 0 Å². The van der Waals surface area contributed by atoms with Gasteiger partial charge in [0.05, 0.1) is 12.6 Å². The summed E-state index contributed by atoms with van der Waals surface area (Å²) in [6.07, 6.45) is 11.0. The molecular formula is C17H31N3. The van der Waals surface area contributed by atoms with Crippen LogP contribution >= 0.6 is 0 Å². The lowest BCUT2D eigenvalue weighted by molar-refractivity contribution is 0.144. The highest BCUT2D eigenvalue weighted by Crippen LogP contribution is 2.25. The van der Waals surface area contributed by atoms with Crippen molar-refractivity contribution < 1.29 is 0 Å². The van der Waals surface area contributed by atoms with Gasteiger partial charge in [-0.25, -0.2) is 0 Å². The van der Waals surface area contributed by atoms with E-state index in [1.807, 2.05) is 0 Å². The van der Waals surface area contributed by atoms with Gasteiger partial charge >= 0.3 is 0 Å². The van der Waals surface area contributed by atoms with E-state index in [9.17, 15) is 0 Å². The maximum Gasteiger partial charge on any atom is 0.0866 e. The molecule has 0 spiro atoms. The normalized spacial score (nSPS) is 29.2. The molecule has 0 aromatic heterocycles. The van der Waals surface area contributed by atoms with Crippen molar-refractivity contribution in [1.82, 2.24) is 10.2 Å². The van der Waals surface area contributed by atoms with Crippen molar-refractivity contribution in [2.75, 3.05) is 26.2 Å². The monoisotopic (exact) mass is 277 g/mol. The predicted molar refractivity (Wildman–Crippen MR) is 83.4 cm³/mol. The molecule has 2 rings (SSSR count). The minimum absolute atomic E-state index is 0.599. The van der Waals surface area contributed by atoms with E-state index in [0.29, 0.717) is 12.6 Å². The van der Waals surface area contributed by atoms with Gasteiger partial charge in [0, 0.05) is 19.1 Å². The maximum absolute atomic E-state index is 8.94. The van der Waals surface area contributed by atoms with Gasteiger partial charge < -0.3 is 5.32 Å². The van der Waals surface area contributed by atoms with Crippen LogP contribution in [-0.2, 0) is 0 Å². The van der Waals surface area contributed by atoms with E-state index in [1.165, 1.54) is 57.9 Å². The standard InChI is InChI=1S/C17H31N3/c1-2-6-16-11-17(14-20(13-16)10-9-18)19-12-15-7-4-3-5-8-15/h15-17,19H,2-8,10-14H2,1H3. The Morgan fingerprint density at radius 1 is 1.15 bits per heavy atom. The van der Waals surface area contributed by atoms with Crippen molar-refractivity contribution in [3.05, 3.63) is 0 Å². The molecular weight excluding hydrogens is 246 g/mol. The molecule has 1 aliphatic heterocycles. The second kappa shape index (κ2) is 8.64. The topological polar surface area (TPSA) is 39.1 Å². The number of hydrogen-bond acceptors (Lipinski definition) is 3. The Morgan fingerprint density at radius 2 is 1.95 bits per heavy atom. The number of piperidine rings is 1. The van der Waals surface area contributed by atoms with Crippen molar-refractivity contribution >= 4 is 0 Å². The van der Waals surface area contributed by atoms with Crippen LogP contribution in [-0.4, -0.2) is 37.1 Å². The minimum atomic E-state index is 0.599. The summed E-state index contributed by atoms with van der Waals surface area (Å²) < 4.78 is 0. The highest BCUT2D eigenvalue weighted by atomic mass is 15.2. The maximum atomic E-state index is 8.94. The average molecular weight is 277 g/mol. The summed E-state index contributed by atoms with van der Waals surface area (Å²) in [7, 11) is 0. The van der Waals surface area contributed by atoms with Gasteiger partial charge in [-0.1, -0.05) is 32.6 Å². The highest BCUT2D eigenvalue weighted by molar-refractivity contribution is 4.88. The second-order valence-electron chi connectivity index (χ2n) is 6.85. The van der Waals surface area contributed by atoms with Crippen molar-refractivity contribution in [3.8, 4) is 6.07 Å². The van der Waals surface area contributed by atoms with Crippen LogP contribution in [0.4, 0.5) is 0 Å². The van der Waals surface area contributed by atoms with Crippen LogP contribution < -0.4 is 5.32 Å². The van der Waals surface area contributed by atoms with E-state index in [2.05, 4.69) is 23.2 Å². The molecule has 1 saturated carbocycles. The van der Waals surface area contributed by atoms with E-state index < -0.39 is 0 Å². The molecule has 1 N–H and O–H groups in total. The number of nitrogens with zero attached hydrogens (tertiary/aromatic N) is 2. The van der Waals surface area contributed by atoms with Gasteiger partial charge in [0.1, 0.15) is 0 Å². The molecule has 2 aliphatic rings. The molecule has 1 heterocycles. The van der Waals surface area contributed by atoms with Gasteiger partial charge in [0.2, 0.25) is 0 Å². The molecule has 2 atom stereocenters. The third kappa shape index (κ3) is 5.07. The number of nitrogens with one attached hydrogen (secondary N) is 1. The molecule has 3 nitrogen and oxygen atoms in total. The molecule has 114 valence electrons. The van der Waals surface area contributed by atoms with E-state index in [0.717, 1.165) is 24.9 Å². The van der Waals surface area contributed by atoms with E-state index >= 15 is 0 Å². The summed E-state index contributed by atoms with van der Waals surface area (Å²) in [6.45, 7) is 6.27. The van der Waals surface area contributed by atoms with Gasteiger partial charge in [-0.2, -0.15) is 5.26 Å². The number of nitriles is 1. The summed E-state index contributed by atoms with van der Waals surface area (Å²) in [6, 6.07) is 2.93. The first-order valence-corrected chi connectivity index (χ1v) is 8.64. The van der Waals surface area contributed by atoms with Gasteiger partial charge in [-0.05, 0) is 44.1 Å². The Kier molecular flexibility index (Phi) is 6.82. The SMILES string of the molecule is CCCC1CC(NCC2CCCCC2)CN(CC#N)C1. The lowest BCUT2D eigenvalue weighted by atomic mass is 9.87. The first-order valence-electron chi connectivity index (χ1n) is 8.64. The molecule has 2 unspecified atom stereocenters. The fourth-order valence-corrected chi connectivity index (χ4v) is 4.02. The van der Waals surface area contributed by atoms with Gasteiger partial charge in [0.25, 0.3) is 0 Å². The summed E-state index contributed by atoms with van der Waals surface area (Å²) in [5.74, 6) is 1.69. The first-order chi connectivity index (χ1) is 9.81. The molecule has 20 heavy (non-hydrogen) atoms. The molecule has 0 bridgehead atoms. The molecule has 1 saturated heterocycles. The molecule has 3 heteroatoms. The second-order valence-corrected chi connectivity index (χ2v) is 6.85. The Labute approximate surface area is 124 Å². The lowest BCUT2D eigenvalue weighted by Gasteiger charge is -2.38. The fraction of sp³-hybridized carbons (Fsp3) is 0.941. The lowest BCUT2D eigenvalue weighted by Crippen LogP contribution is -2.50. The van der Waals surface area contributed by atoms with Crippen LogP contribution in [0.3, 0.4) is 0 Å². The summed E-state index contributed by atoms with van der Waals surface area (Å²) in [5, 5.41) is 12.8. The van der Waals surface area contributed by atoms with Crippen LogP contribution in [0.1, 0.15) is 58.3 Å². The minimum Gasteiger partial charge on any atom is -0.312 e. The van der Waals surface area contributed by atoms with Crippen LogP contribution in [0.25, 0.3) is 0 Å². The number of rotatable bonds is 6. The third-order valence-corrected chi connectivity index (χ3v) is 5.02. The number of likely N-dealkylation sites (tertiary alicyclic amines) is 1. The number of hydrogen-bond donors (Lipinski definition) is 1. The summed E-state index contributed by atoms with van der Waals surface area (Å²) >= 11 is 0. The van der Waals surface area contributed by atoms with E-state index in [1.54, 1.807) is 0 Å². The fourth-order valence-electron chi connectivity index (χ4n) is 4.02. The Bertz CT molecular complexity index is 304. The van der Waals surface area contributed by atoms with Crippen molar-refractivity contribution in [1.29, 1.82) is 5.26 Å².